The minimum Gasteiger partial charge on any atom is -0.314 e. The fourth-order valence-electron chi connectivity index (χ4n) is 4.06. The Hall–Kier alpha value is -0.120. The normalized spacial score (nSPS) is 24.3. The second-order valence-corrected chi connectivity index (χ2v) is 8.21. The SMILES string of the molecule is CC(C)CN1CCN(CC2(CNC(C)C)CCCC2)CC1. The Morgan fingerprint density at radius 3 is 2.00 bits per heavy atom. The van der Waals surface area contributed by atoms with E-state index in [1.807, 2.05) is 0 Å². The molecule has 0 aromatic rings. The van der Waals surface area contributed by atoms with Crippen molar-refractivity contribution in [1.29, 1.82) is 0 Å². The second kappa shape index (κ2) is 7.94. The average Bonchev–Trinajstić information content (AvgIpc) is 2.87. The number of rotatable bonds is 7. The van der Waals surface area contributed by atoms with Crippen molar-refractivity contribution >= 4 is 0 Å². The van der Waals surface area contributed by atoms with Crippen molar-refractivity contribution in [3.63, 3.8) is 0 Å². The quantitative estimate of drug-likeness (QED) is 0.779. The molecule has 124 valence electrons. The van der Waals surface area contributed by atoms with Gasteiger partial charge in [-0.3, -0.25) is 0 Å². The minimum atomic E-state index is 0.560. The van der Waals surface area contributed by atoms with Crippen LogP contribution in [0.4, 0.5) is 0 Å². The molecule has 2 fully saturated rings. The third-order valence-corrected chi connectivity index (χ3v) is 5.20. The standard InChI is InChI=1S/C18H37N3/c1-16(2)13-20-9-11-21(12-10-20)15-18(7-5-6-8-18)14-19-17(3)4/h16-17,19H,5-15H2,1-4H3. The van der Waals surface area contributed by atoms with Gasteiger partial charge in [0.25, 0.3) is 0 Å². The van der Waals surface area contributed by atoms with Crippen LogP contribution in [0.5, 0.6) is 0 Å². The van der Waals surface area contributed by atoms with Crippen LogP contribution in [-0.4, -0.2) is 61.7 Å². The summed E-state index contributed by atoms with van der Waals surface area (Å²) in [5.74, 6) is 0.799. The predicted molar refractivity (Wildman–Crippen MR) is 91.8 cm³/mol. The van der Waals surface area contributed by atoms with E-state index in [2.05, 4.69) is 42.8 Å². The van der Waals surface area contributed by atoms with Gasteiger partial charge in [0, 0.05) is 51.9 Å². The summed E-state index contributed by atoms with van der Waals surface area (Å²) in [6, 6.07) is 0.616. The van der Waals surface area contributed by atoms with Crippen molar-refractivity contribution in [2.24, 2.45) is 11.3 Å². The van der Waals surface area contributed by atoms with Crippen molar-refractivity contribution in [3.8, 4) is 0 Å². The summed E-state index contributed by atoms with van der Waals surface area (Å²) in [6.45, 7) is 18.1. The van der Waals surface area contributed by atoms with Gasteiger partial charge in [-0.2, -0.15) is 0 Å². The van der Waals surface area contributed by atoms with Crippen molar-refractivity contribution in [2.45, 2.75) is 59.4 Å². The molecule has 1 aliphatic heterocycles. The molecule has 1 N–H and O–H groups in total. The first-order valence-electron chi connectivity index (χ1n) is 9.17. The van der Waals surface area contributed by atoms with Crippen LogP contribution in [0.3, 0.4) is 0 Å². The van der Waals surface area contributed by atoms with E-state index in [4.69, 9.17) is 0 Å². The van der Waals surface area contributed by atoms with Crippen molar-refractivity contribution in [1.82, 2.24) is 15.1 Å². The topological polar surface area (TPSA) is 18.5 Å². The van der Waals surface area contributed by atoms with Gasteiger partial charge in [-0.1, -0.05) is 40.5 Å². The zero-order valence-corrected chi connectivity index (χ0v) is 14.8. The van der Waals surface area contributed by atoms with Gasteiger partial charge in [-0.25, -0.2) is 0 Å². The summed E-state index contributed by atoms with van der Waals surface area (Å²) in [4.78, 5) is 5.39. The lowest BCUT2D eigenvalue weighted by molar-refractivity contribution is 0.0789. The molecule has 0 aromatic carbocycles. The Bertz CT molecular complexity index is 287. The molecule has 0 spiro atoms. The lowest BCUT2D eigenvalue weighted by Gasteiger charge is -2.41. The summed E-state index contributed by atoms with van der Waals surface area (Å²) in [6.07, 6.45) is 5.73. The highest BCUT2D eigenvalue weighted by atomic mass is 15.3. The van der Waals surface area contributed by atoms with E-state index in [0.29, 0.717) is 11.5 Å². The van der Waals surface area contributed by atoms with Gasteiger partial charge in [0.05, 0.1) is 0 Å². The van der Waals surface area contributed by atoms with Gasteiger partial charge in [-0.05, 0) is 24.2 Å². The Morgan fingerprint density at radius 1 is 0.905 bits per heavy atom. The van der Waals surface area contributed by atoms with E-state index in [1.54, 1.807) is 0 Å². The molecule has 3 heteroatoms. The molecule has 0 unspecified atom stereocenters. The first kappa shape index (κ1) is 17.2. The zero-order chi connectivity index (χ0) is 15.3. The summed E-state index contributed by atoms with van der Waals surface area (Å²) in [7, 11) is 0. The van der Waals surface area contributed by atoms with Crippen molar-refractivity contribution in [3.05, 3.63) is 0 Å². The fourth-order valence-corrected chi connectivity index (χ4v) is 4.06. The third kappa shape index (κ3) is 5.54. The molecule has 2 aliphatic rings. The lowest BCUT2D eigenvalue weighted by Crippen LogP contribution is -2.52. The van der Waals surface area contributed by atoms with Crippen LogP contribution < -0.4 is 5.32 Å². The zero-order valence-electron chi connectivity index (χ0n) is 14.8. The predicted octanol–water partition coefficient (Wildman–Crippen LogP) is 2.82. The van der Waals surface area contributed by atoms with Crippen LogP contribution in [0, 0.1) is 11.3 Å². The van der Waals surface area contributed by atoms with E-state index in [9.17, 15) is 0 Å². The Kier molecular flexibility index (Phi) is 6.51. The monoisotopic (exact) mass is 295 g/mol. The van der Waals surface area contributed by atoms with E-state index in [-0.39, 0.29) is 0 Å². The number of nitrogens with zero attached hydrogens (tertiary/aromatic N) is 2. The molecular weight excluding hydrogens is 258 g/mol. The smallest absolute Gasteiger partial charge is 0.0110 e. The van der Waals surface area contributed by atoms with Gasteiger partial charge >= 0.3 is 0 Å². The maximum Gasteiger partial charge on any atom is 0.0110 e. The molecule has 0 amide bonds. The molecule has 2 rings (SSSR count). The molecule has 1 saturated carbocycles. The van der Waals surface area contributed by atoms with Crippen LogP contribution in [-0.2, 0) is 0 Å². The molecule has 1 heterocycles. The molecule has 21 heavy (non-hydrogen) atoms. The number of hydrogen-bond acceptors (Lipinski definition) is 3. The van der Waals surface area contributed by atoms with E-state index in [0.717, 1.165) is 5.92 Å². The largest absolute Gasteiger partial charge is 0.314 e. The highest BCUT2D eigenvalue weighted by molar-refractivity contribution is 4.91. The van der Waals surface area contributed by atoms with Crippen molar-refractivity contribution < 1.29 is 0 Å². The van der Waals surface area contributed by atoms with E-state index in [1.165, 1.54) is 71.5 Å². The summed E-state index contributed by atoms with van der Waals surface area (Å²) in [5, 5.41) is 3.72. The average molecular weight is 296 g/mol. The molecular formula is C18H37N3. The molecule has 0 radical (unpaired) electrons. The summed E-state index contributed by atoms with van der Waals surface area (Å²) < 4.78 is 0. The summed E-state index contributed by atoms with van der Waals surface area (Å²) >= 11 is 0. The van der Waals surface area contributed by atoms with Crippen molar-refractivity contribution in [2.75, 3.05) is 45.8 Å². The first-order chi connectivity index (χ1) is 9.99. The minimum absolute atomic E-state index is 0.560. The fraction of sp³-hybridized carbons (Fsp3) is 1.00. The Labute approximate surface area is 132 Å². The maximum atomic E-state index is 3.72. The van der Waals surface area contributed by atoms with Gasteiger partial charge in [-0.15, -0.1) is 0 Å². The number of piperazine rings is 1. The number of nitrogens with one attached hydrogen (secondary N) is 1. The Morgan fingerprint density at radius 2 is 1.48 bits per heavy atom. The van der Waals surface area contributed by atoms with Crippen LogP contribution in [0.2, 0.25) is 0 Å². The molecule has 0 bridgehead atoms. The van der Waals surface area contributed by atoms with E-state index >= 15 is 0 Å². The van der Waals surface area contributed by atoms with Gasteiger partial charge in [0.15, 0.2) is 0 Å². The molecule has 0 aromatic heterocycles. The number of hydrogen-bond donors (Lipinski definition) is 1. The molecule has 3 nitrogen and oxygen atoms in total. The third-order valence-electron chi connectivity index (χ3n) is 5.20. The van der Waals surface area contributed by atoms with Crippen LogP contribution in [0.25, 0.3) is 0 Å². The first-order valence-corrected chi connectivity index (χ1v) is 9.17. The highest BCUT2D eigenvalue weighted by Crippen LogP contribution is 2.38. The van der Waals surface area contributed by atoms with Gasteiger partial charge < -0.3 is 15.1 Å². The van der Waals surface area contributed by atoms with E-state index < -0.39 is 0 Å². The summed E-state index contributed by atoms with van der Waals surface area (Å²) in [5.41, 5.74) is 0.560. The van der Waals surface area contributed by atoms with Crippen LogP contribution in [0.15, 0.2) is 0 Å². The van der Waals surface area contributed by atoms with Gasteiger partial charge in [0.2, 0.25) is 0 Å². The highest BCUT2D eigenvalue weighted by Gasteiger charge is 2.36. The molecule has 1 saturated heterocycles. The maximum absolute atomic E-state index is 3.72. The lowest BCUT2D eigenvalue weighted by atomic mass is 9.85. The van der Waals surface area contributed by atoms with Crippen LogP contribution in [0.1, 0.15) is 53.4 Å². The second-order valence-electron chi connectivity index (χ2n) is 8.21. The molecule has 1 aliphatic carbocycles. The van der Waals surface area contributed by atoms with Gasteiger partial charge in [0.1, 0.15) is 0 Å². The van der Waals surface area contributed by atoms with Crippen LogP contribution >= 0.6 is 0 Å². The Balaban J connectivity index is 1.79. The molecule has 0 atom stereocenters.